The summed E-state index contributed by atoms with van der Waals surface area (Å²) in [5.41, 5.74) is 1.46. The van der Waals surface area contributed by atoms with E-state index in [1.54, 1.807) is 29.2 Å². The van der Waals surface area contributed by atoms with Gasteiger partial charge in [-0.05, 0) is 48.2 Å². The van der Waals surface area contributed by atoms with E-state index in [1.807, 2.05) is 0 Å². The van der Waals surface area contributed by atoms with Gasteiger partial charge in [-0.3, -0.25) is 9.59 Å². The number of anilines is 1. The second-order valence-corrected chi connectivity index (χ2v) is 7.00. The van der Waals surface area contributed by atoms with Gasteiger partial charge in [-0.15, -0.1) is 0 Å². The number of halogens is 3. The molecule has 0 bridgehead atoms. The molecule has 148 valence electrons. The van der Waals surface area contributed by atoms with E-state index >= 15 is 0 Å². The molecule has 1 N–H and O–H groups in total. The number of carbonyl (C=O) groups excluding carboxylic acids is 2. The molecule has 1 fully saturated rings. The zero-order valence-electron chi connectivity index (χ0n) is 15.4. The molecule has 2 aromatic carbocycles. The van der Waals surface area contributed by atoms with Crippen LogP contribution in [-0.4, -0.2) is 22.8 Å². The Balaban J connectivity index is 1.65. The first-order valence-electron chi connectivity index (χ1n) is 9.04. The highest BCUT2D eigenvalue weighted by Gasteiger charge is 2.33. The number of benzene rings is 2. The maximum absolute atomic E-state index is 12.8. The van der Waals surface area contributed by atoms with Gasteiger partial charge in [-0.1, -0.05) is 24.3 Å². The van der Waals surface area contributed by atoms with Crippen molar-refractivity contribution in [3.05, 3.63) is 65.2 Å². The fourth-order valence-corrected chi connectivity index (χ4v) is 2.99. The van der Waals surface area contributed by atoms with E-state index in [0.29, 0.717) is 17.8 Å². The van der Waals surface area contributed by atoms with Gasteiger partial charge in [-0.25, -0.2) is 0 Å². The lowest BCUT2D eigenvalue weighted by atomic mass is 10.1. The molecule has 0 unspecified atom stereocenters. The fraction of sp³-hybridized carbons (Fsp3) is 0.333. The lowest BCUT2D eigenvalue weighted by Crippen LogP contribution is -2.33. The van der Waals surface area contributed by atoms with Gasteiger partial charge in [0.15, 0.2) is 0 Å². The Bertz CT molecular complexity index is 841. The van der Waals surface area contributed by atoms with E-state index in [-0.39, 0.29) is 24.3 Å². The molecule has 3 rings (SSSR count). The number of carbonyl (C=O) groups is 2. The summed E-state index contributed by atoms with van der Waals surface area (Å²) >= 11 is 0. The maximum Gasteiger partial charge on any atom is 0.416 e. The predicted molar refractivity (Wildman–Crippen MR) is 99.5 cm³/mol. The van der Waals surface area contributed by atoms with Crippen molar-refractivity contribution < 1.29 is 22.8 Å². The summed E-state index contributed by atoms with van der Waals surface area (Å²) in [4.78, 5) is 25.6. The molecule has 4 nitrogen and oxygen atoms in total. The van der Waals surface area contributed by atoms with Crippen molar-refractivity contribution in [2.45, 2.75) is 44.9 Å². The summed E-state index contributed by atoms with van der Waals surface area (Å²) in [6.45, 7) is 1.72. The smallest absolute Gasteiger partial charge is 0.335 e. The molecule has 0 radical (unpaired) electrons. The third-order valence-electron chi connectivity index (χ3n) is 4.57. The van der Waals surface area contributed by atoms with Crippen LogP contribution < -0.4 is 5.32 Å². The molecule has 0 aromatic heterocycles. The minimum atomic E-state index is -4.37. The third kappa shape index (κ3) is 5.34. The lowest BCUT2D eigenvalue weighted by Gasteiger charge is -2.23. The molecular formula is C21H21F3N2O2. The average Bonchev–Trinajstić information content (AvgIpc) is 3.45. The molecule has 2 aromatic rings. The Morgan fingerprint density at radius 2 is 1.57 bits per heavy atom. The first-order chi connectivity index (χ1) is 13.2. The standard InChI is InChI=1S/C21H21F3N2O2/c1-14(27)25-18-8-4-15(5-9-18)12-20(28)26(19-10-11-19)13-16-2-6-17(7-3-16)21(22,23)24/h2-9,19H,10-13H2,1H3,(H,25,27). The normalized spacial score (nSPS) is 13.9. The van der Waals surface area contributed by atoms with Crippen molar-refractivity contribution in [3.63, 3.8) is 0 Å². The van der Waals surface area contributed by atoms with Crippen molar-refractivity contribution in [1.82, 2.24) is 4.90 Å². The molecule has 2 amide bonds. The van der Waals surface area contributed by atoms with Crippen LogP contribution in [0.25, 0.3) is 0 Å². The average molecular weight is 390 g/mol. The molecular weight excluding hydrogens is 369 g/mol. The van der Waals surface area contributed by atoms with Gasteiger partial charge in [0.2, 0.25) is 11.8 Å². The topological polar surface area (TPSA) is 49.4 Å². The highest BCUT2D eigenvalue weighted by molar-refractivity contribution is 5.88. The van der Waals surface area contributed by atoms with E-state index in [1.165, 1.54) is 19.1 Å². The van der Waals surface area contributed by atoms with E-state index < -0.39 is 11.7 Å². The van der Waals surface area contributed by atoms with Crippen LogP contribution in [0.5, 0.6) is 0 Å². The minimum absolute atomic E-state index is 0.0605. The molecule has 0 aliphatic heterocycles. The second kappa shape index (κ2) is 8.04. The monoisotopic (exact) mass is 390 g/mol. The van der Waals surface area contributed by atoms with E-state index in [2.05, 4.69) is 5.32 Å². The number of nitrogens with zero attached hydrogens (tertiary/aromatic N) is 1. The maximum atomic E-state index is 12.8. The van der Waals surface area contributed by atoms with Gasteiger partial charge in [0.05, 0.1) is 12.0 Å². The minimum Gasteiger partial charge on any atom is -0.335 e. The Kier molecular flexibility index (Phi) is 5.72. The van der Waals surface area contributed by atoms with Gasteiger partial charge in [-0.2, -0.15) is 13.2 Å². The molecule has 1 saturated carbocycles. The lowest BCUT2D eigenvalue weighted by molar-refractivity contribution is -0.137. The summed E-state index contributed by atoms with van der Waals surface area (Å²) in [5, 5.41) is 2.67. The summed E-state index contributed by atoms with van der Waals surface area (Å²) in [6, 6.07) is 12.1. The van der Waals surface area contributed by atoms with Crippen molar-refractivity contribution in [3.8, 4) is 0 Å². The number of nitrogens with one attached hydrogen (secondary N) is 1. The molecule has 0 saturated heterocycles. The van der Waals surface area contributed by atoms with E-state index in [4.69, 9.17) is 0 Å². The Labute approximate surface area is 161 Å². The van der Waals surface area contributed by atoms with Gasteiger partial charge in [0.1, 0.15) is 0 Å². The molecule has 0 heterocycles. The van der Waals surface area contributed by atoms with E-state index in [0.717, 1.165) is 30.5 Å². The number of hydrogen-bond donors (Lipinski definition) is 1. The number of amides is 2. The van der Waals surface area contributed by atoms with Crippen LogP contribution in [0.15, 0.2) is 48.5 Å². The van der Waals surface area contributed by atoms with Crippen LogP contribution in [0, 0.1) is 0 Å². The zero-order valence-corrected chi connectivity index (χ0v) is 15.4. The Morgan fingerprint density at radius 1 is 1.00 bits per heavy atom. The largest absolute Gasteiger partial charge is 0.416 e. The number of alkyl halides is 3. The van der Waals surface area contributed by atoms with Crippen LogP contribution in [0.3, 0.4) is 0 Å². The predicted octanol–water partition coefficient (Wildman–Crippen LogP) is 4.40. The third-order valence-corrected chi connectivity index (χ3v) is 4.57. The van der Waals surface area contributed by atoms with Gasteiger partial charge >= 0.3 is 6.18 Å². The van der Waals surface area contributed by atoms with Crippen LogP contribution >= 0.6 is 0 Å². The van der Waals surface area contributed by atoms with Crippen LogP contribution in [0.1, 0.15) is 36.5 Å². The van der Waals surface area contributed by atoms with Gasteiger partial charge in [0, 0.05) is 25.2 Å². The summed E-state index contributed by atoms with van der Waals surface area (Å²) in [5.74, 6) is -0.227. The van der Waals surface area contributed by atoms with Crippen LogP contribution in [0.2, 0.25) is 0 Å². The molecule has 0 atom stereocenters. The zero-order chi connectivity index (χ0) is 20.3. The summed E-state index contributed by atoms with van der Waals surface area (Å²) in [7, 11) is 0. The van der Waals surface area contributed by atoms with Gasteiger partial charge < -0.3 is 10.2 Å². The molecule has 1 aliphatic rings. The Hall–Kier alpha value is -2.83. The van der Waals surface area contributed by atoms with Crippen LogP contribution in [-0.2, 0) is 28.7 Å². The second-order valence-electron chi connectivity index (χ2n) is 7.00. The van der Waals surface area contributed by atoms with Crippen molar-refractivity contribution in [1.29, 1.82) is 0 Å². The molecule has 1 aliphatic carbocycles. The van der Waals surface area contributed by atoms with E-state index in [9.17, 15) is 22.8 Å². The Morgan fingerprint density at radius 3 is 2.07 bits per heavy atom. The van der Waals surface area contributed by atoms with Crippen molar-refractivity contribution in [2.75, 3.05) is 5.32 Å². The molecule has 0 spiro atoms. The first-order valence-corrected chi connectivity index (χ1v) is 9.04. The van der Waals surface area contributed by atoms with Crippen molar-refractivity contribution in [2.24, 2.45) is 0 Å². The van der Waals surface area contributed by atoms with Crippen LogP contribution in [0.4, 0.5) is 18.9 Å². The quantitative estimate of drug-likeness (QED) is 0.795. The summed E-state index contributed by atoms with van der Waals surface area (Å²) in [6.07, 6.45) is -2.34. The summed E-state index contributed by atoms with van der Waals surface area (Å²) < 4.78 is 38.1. The van der Waals surface area contributed by atoms with Crippen molar-refractivity contribution >= 4 is 17.5 Å². The molecule has 28 heavy (non-hydrogen) atoms. The first kappa shape index (κ1) is 19.9. The number of rotatable bonds is 6. The highest BCUT2D eigenvalue weighted by atomic mass is 19.4. The fourth-order valence-electron chi connectivity index (χ4n) is 2.99. The SMILES string of the molecule is CC(=O)Nc1ccc(CC(=O)N(Cc2ccc(C(F)(F)F)cc2)C2CC2)cc1. The molecule has 7 heteroatoms. The highest BCUT2D eigenvalue weighted by Crippen LogP contribution is 2.31. The van der Waals surface area contributed by atoms with Gasteiger partial charge in [0.25, 0.3) is 0 Å². The number of hydrogen-bond acceptors (Lipinski definition) is 2.